The van der Waals surface area contributed by atoms with Gasteiger partial charge in [-0.05, 0) is 32.1 Å². The molecule has 2 unspecified atom stereocenters. The number of likely N-dealkylation sites (tertiary alicyclic amines) is 1. The number of carbonyl (C=O) groups is 3. The molecule has 3 aliphatic rings. The van der Waals surface area contributed by atoms with Crippen LogP contribution in [0.3, 0.4) is 0 Å². The number of ether oxygens (including phenoxy) is 2. The number of esters is 1. The molecular weight excluding hydrogens is 448 g/mol. The molecule has 196 valence electrons. The summed E-state index contributed by atoms with van der Waals surface area (Å²) < 4.78 is 12.0. The third-order valence-electron chi connectivity index (χ3n) is 8.05. The summed E-state index contributed by atoms with van der Waals surface area (Å²) in [6, 6.07) is -1.49. The zero-order chi connectivity index (χ0) is 26.0. The van der Waals surface area contributed by atoms with Gasteiger partial charge in [0.25, 0.3) is 0 Å². The Labute approximate surface area is 209 Å². The number of fused-ring (bicyclic) bond motifs is 1. The molecule has 6 atom stereocenters. The lowest BCUT2D eigenvalue weighted by atomic mass is 9.66. The third kappa shape index (κ3) is 4.55. The van der Waals surface area contributed by atoms with Crippen LogP contribution in [-0.4, -0.2) is 82.3 Å². The van der Waals surface area contributed by atoms with Crippen LogP contribution in [0.5, 0.6) is 0 Å². The summed E-state index contributed by atoms with van der Waals surface area (Å²) in [7, 11) is 0. The van der Waals surface area contributed by atoms with Crippen LogP contribution in [0.4, 0.5) is 0 Å². The maximum absolute atomic E-state index is 14.2. The summed E-state index contributed by atoms with van der Waals surface area (Å²) in [4.78, 5) is 44.7. The van der Waals surface area contributed by atoms with E-state index in [1.165, 1.54) is 11.0 Å². The molecule has 3 heterocycles. The molecule has 3 saturated heterocycles. The molecule has 1 N–H and O–H groups in total. The molecule has 1 spiro atoms. The van der Waals surface area contributed by atoms with Gasteiger partial charge in [-0.2, -0.15) is 0 Å². The first kappa shape index (κ1) is 27.4. The van der Waals surface area contributed by atoms with Crippen molar-refractivity contribution in [1.82, 2.24) is 9.80 Å². The molecule has 0 aliphatic carbocycles. The maximum atomic E-state index is 14.2. The lowest BCUT2D eigenvalue weighted by Gasteiger charge is -2.40. The van der Waals surface area contributed by atoms with E-state index in [9.17, 15) is 19.5 Å². The fraction of sp³-hybridized carbons (Fsp3) is 0.741. The SMILES string of the molecule is C=CCOC(=O)[C@@H]1[C@H]2C(=O)N([C@@H](CO)C(C)C)C(C(=O)N(CC=C)CCCCC)C23CC[C@@]1(C)O3. The Bertz CT molecular complexity index is 844. The second-order valence-electron chi connectivity index (χ2n) is 10.7. The van der Waals surface area contributed by atoms with E-state index in [4.69, 9.17) is 9.47 Å². The van der Waals surface area contributed by atoms with Gasteiger partial charge in [-0.1, -0.05) is 52.3 Å². The molecule has 3 aliphatic heterocycles. The van der Waals surface area contributed by atoms with Crippen molar-refractivity contribution in [2.45, 2.75) is 83.1 Å². The lowest BCUT2D eigenvalue weighted by molar-refractivity contribution is -0.161. The monoisotopic (exact) mass is 490 g/mol. The highest BCUT2D eigenvalue weighted by atomic mass is 16.6. The first-order valence-electron chi connectivity index (χ1n) is 12.9. The number of unbranched alkanes of at least 4 members (excludes halogenated alkanes) is 2. The lowest BCUT2D eigenvalue weighted by Crippen LogP contribution is -2.59. The Morgan fingerprint density at radius 1 is 1.29 bits per heavy atom. The predicted octanol–water partition coefficient (Wildman–Crippen LogP) is 2.70. The van der Waals surface area contributed by atoms with Crippen molar-refractivity contribution in [2.24, 2.45) is 17.8 Å². The third-order valence-corrected chi connectivity index (χ3v) is 8.05. The molecule has 8 nitrogen and oxygen atoms in total. The van der Waals surface area contributed by atoms with Crippen molar-refractivity contribution < 1.29 is 29.0 Å². The molecule has 35 heavy (non-hydrogen) atoms. The zero-order valence-electron chi connectivity index (χ0n) is 21.7. The van der Waals surface area contributed by atoms with Crippen LogP contribution < -0.4 is 0 Å². The molecule has 0 aromatic rings. The van der Waals surface area contributed by atoms with Crippen molar-refractivity contribution in [3.8, 4) is 0 Å². The van der Waals surface area contributed by atoms with Crippen LogP contribution in [0, 0.1) is 17.8 Å². The van der Waals surface area contributed by atoms with Gasteiger partial charge in [0.1, 0.15) is 24.2 Å². The Balaban J connectivity index is 2.08. The number of hydrogen-bond donors (Lipinski definition) is 1. The summed E-state index contributed by atoms with van der Waals surface area (Å²) in [5.74, 6) is -2.77. The van der Waals surface area contributed by atoms with Gasteiger partial charge in [-0.15, -0.1) is 6.58 Å². The van der Waals surface area contributed by atoms with E-state index in [-0.39, 0.29) is 30.9 Å². The van der Waals surface area contributed by atoms with Crippen LogP contribution in [0.25, 0.3) is 0 Å². The Hall–Kier alpha value is -2.19. The number of nitrogens with zero attached hydrogens (tertiary/aromatic N) is 2. The number of amides is 2. The Kier molecular flexibility index (Phi) is 8.48. The Morgan fingerprint density at radius 2 is 2.00 bits per heavy atom. The normalized spacial score (nSPS) is 32.0. The maximum Gasteiger partial charge on any atom is 0.313 e. The van der Waals surface area contributed by atoms with E-state index in [2.05, 4.69) is 20.1 Å². The molecule has 0 saturated carbocycles. The van der Waals surface area contributed by atoms with Crippen LogP contribution in [0.15, 0.2) is 25.3 Å². The molecule has 3 rings (SSSR count). The largest absolute Gasteiger partial charge is 0.461 e. The van der Waals surface area contributed by atoms with E-state index in [0.29, 0.717) is 25.9 Å². The molecule has 3 fully saturated rings. The standard InChI is InChI=1S/C27H42N2O6/c1-7-10-11-15-28(14-8-2)24(32)22-27-13-12-26(6,35-27)21(25(33)34-16-9-3)20(27)23(31)29(22)19(17-30)18(4)5/h8-9,18-22,30H,2-3,7,10-17H2,1,4-6H3/t19-,20-,21-,22?,26+,27?/m0/s1. The van der Waals surface area contributed by atoms with Crippen molar-refractivity contribution in [3.05, 3.63) is 25.3 Å². The minimum absolute atomic E-state index is 0.0429. The highest BCUT2D eigenvalue weighted by Gasteiger charge is 2.79. The number of aliphatic hydroxyl groups is 1. The summed E-state index contributed by atoms with van der Waals surface area (Å²) in [5, 5.41) is 10.3. The fourth-order valence-electron chi connectivity index (χ4n) is 6.38. The summed E-state index contributed by atoms with van der Waals surface area (Å²) in [5.41, 5.74) is -2.02. The average molecular weight is 491 g/mol. The van der Waals surface area contributed by atoms with Gasteiger partial charge < -0.3 is 24.4 Å². The highest BCUT2D eigenvalue weighted by molar-refractivity contribution is 5.98. The minimum Gasteiger partial charge on any atom is -0.461 e. The van der Waals surface area contributed by atoms with Gasteiger partial charge in [0.2, 0.25) is 11.8 Å². The van der Waals surface area contributed by atoms with Gasteiger partial charge >= 0.3 is 5.97 Å². The second-order valence-corrected chi connectivity index (χ2v) is 10.7. The number of aliphatic hydroxyl groups excluding tert-OH is 1. The summed E-state index contributed by atoms with van der Waals surface area (Å²) in [6.45, 7) is 15.9. The molecule has 0 aromatic carbocycles. The van der Waals surface area contributed by atoms with Crippen LogP contribution in [-0.2, 0) is 23.9 Å². The number of hydrogen-bond acceptors (Lipinski definition) is 6. The average Bonchev–Trinajstić information content (AvgIpc) is 3.38. The topological polar surface area (TPSA) is 96.4 Å². The second kappa shape index (κ2) is 10.8. The molecule has 0 radical (unpaired) electrons. The van der Waals surface area contributed by atoms with E-state index in [1.807, 2.05) is 20.8 Å². The van der Waals surface area contributed by atoms with E-state index < -0.39 is 41.1 Å². The van der Waals surface area contributed by atoms with Crippen LogP contribution in [0.2, 0.25) is 0 Å². The fourth-order valence-corrected chi connectivity index (χ4v) is 6.38. The van der Waals surface area contributed by atoms with Gasteiger partial charge in [0.05, 0.1) is 24.2 Å². The van der Waals surface area contributed by atoms with Crippen molar-refractivity contribution >= 4 is 17.8 Å². The first-order chi connectivity index (χ1) is 16.6. The van der Waals surface area contributed by atoms with Gasteiger partial charge in [-0.25, -0.2) is 0 Å². The van der Waals surface area contributed by atoms with Crippen molar-refractivity contribution in [3.63, 3.8) is 0 Å². The highest BCUT2D eigenvalue weighted by Crippen LogP contribution is 2.63. The molecule has 2 amide bonds. The first-order valence-corrected chi connectivity index (χ1v) is 12.9. The van der Waals surface area contributed by atoms with Gasteiger partial charge in [0.15, 0.2) is 0 Å². The van der Waals surface area contributed by atoms with Crippen molar-refractivity contribution in [2.75, 3.05) is 26.3 Å². The smallest absolute Gasteiger partial charge is 0.313 e. The van der Waals surface area contributed by atoms with E-state index >= 15 is 0 Å². The Morgan fingerprint density at radius 3 is 2.57 bits per heavy atom. The van der Waals surface area contributed by atoms with E-state index in [0.717, 1.165) is 19.3 Å². The molecule has 2 bridgehead atoms. The van der Waals surface area contributed by atoms with Crippen LogP contribution >= 0.6 is 0 Å². The molecule has 8 heteroatoms. The quantitative estimate of drug-likeness (QED) is 0.242. The summed E-state index contributed by atoms with van der Waals surface area (Å²) >= 11 is 0. The van der Waals surface area contributed by atoms with Gasteiger partial charge in [0, 0.05) is 13.1 Å². The van der Waals surface area contributed by atoms with Crippen LogP contribution in [0.1, 0.15) is 59.8 Å². The summed E-state index contributed by atoms with van der Waals surface area (Å²) in [6.07, 6.45) is 7.07. The predicted molar refractivity (Wildman–Crippen MR) is 132 cm³/mol. The molecular formula is C27H42N2O6. The number of carbonyl (C=O) groups excluding carboxylic acids is 3. The van der Waals surface area contributed by atoms with Crippen molar-refractivity contribution in [1.29, 1.82) is 0 Å². The van der Waals surface area contributed by atoms with Gasteiger partial charge in [-0.3, -0.25) is 14.4 Å². The molecule has 0 aromatic heterocycles. The zero-order valence-corrected chi connectivity index (χ0v) is 21.7. The minimum atomic E-state index is -1.13. The van der Waals surface area contributed by atoms with E-state index in [1.54, 1.807) is 11.0 Å². The number of rotatable bonds is 13.